The van der Waals surface area contributed by atoms with Crippen molar-refractivity contribution in [3.63, 3.8) is 0 Å². The molecular formula is C12H17BrClN3. The monoisotopic (exact) mass is 317 g/mol. The summed E-state index contributed by atoms with van der Waals surface area (Å²) in [7, 11) is 0. The fraction of sp³-hybridized carbons (Fsp3) is 0.667. The average molecular weight is 319 g/mol. The lowest BCUT2D eigenvalue weighted by molar-refractivity contribution is 0.391. The molecule has 0 amide bonds. The molecule has 5 heteroatoms. The van der Waals surface area contributed by atoms with Crippen LogP contribution in [0, 0.1) is 11.8 Å². The van der Waals surface area contributed by atoms with E-state index in [0.717, 1.165) is 16.2 Å². The molecule has 1 fully saturated rings. The summed E-state index contributed by atoms with van der Waals surface area (Å²) in [5, 5.41) is 3.77. The first-order valence-electron chi connectivity index (χ1n) is 6.06. The van der Waals surface area contributed by atoms with Gasteiger partial charge in [-0.05, 0) is 52.2 Å². The second-order valence-electron chi connectivity index (χ2n) is 4.69. The molecule has 3 unspecified atom stereocenters. The zero-order valence-corrected chi connectivity index (χ0v) is 12.4. The number of nitrogens with zero attached hydrogens (tertiary/aromatic N) is 2. The van der Waals surface area contributed by atoms with E-state index in [1.165, 1.54) is 19.3 Å². The fourth-order valence-electron chi connectivity index (χ4n) is 2.65. The molecule has 0 aromatic carbocycles. The van der Waals surface area contributed by atoms with Gasteiger partial charge >= 0.3 is 0 Å². The second-order valence-corrected chi connectivity index (χ2v) is 5.88. The number of hydrogen-bond acceptors (Lipinski definition) is 3. The predicted molar refractivity (Wildman–Crippen MR) is 74.3 cm³/mol. The van der Waals surface area contributed by atoms with Crippen LogP contribution in [0.25, 0.3) is 0 Å². The van der Waals surface area contributed by atoms with Gasteiger partial charge in [-0.3, -0.25) is 0 Å². The summed E-state index contributed by atoms with van der Waals surface area (Å²) in [5.41, 5.74) is 0. The fourth-order valence-corrected chi connectivity index (χ4v) is 3.09. The van der Waals surface area contributed by atoms with Crippen LogP contribution in [0.5, 0.6) is 0 Å². The van der Waals surface area contributed by atoms with Gasteiger partial charge in [-0.15, -0.1) is 0 Å². The van der Waals surface area contributed by atoms with Gasteiger partial charge < -0.3 is 5.32 Å². The van der Waals surface area contributed by atoms with Crippen molar-refractivity contribution in [1.29, 1.82) is 0 Å². The number of aromatic nitrogens is 2. The average Bonchev–Trinajstić information content (AvgIpc) is 2.65. The van der Waals surface area contributed by atoms with Crippen LogP contribution in [0.1, 0.15) is 33.1 Å². The van der Waals surface area contributed by atoms with Crippen molar-refractivity contribution in [3.8, 4) is 0 Å². The molecule has 0 spiro atoms. The lowest BCUT2D eigenvalue weighted by Crippen LogP contribution is -2.25. The predicted octanol–water partition coefficient (Wildman–Crippen LogP) is 4.13. The van der Waals surface area contributed by atoms with Crippen LogP contribution in [-0.2, 0) is 0 Å². The molecule has 0 aliphatic heterocycles. The highest BCUT2D eigenvalue weighted by molar-refractivity contribution is 9.10. The Morgan fingerprint density at radius 1 is 1.53 bits per heavy atom. The number of rotatable bonds is 3. The molecule has 3 nitrogen and oxygen atoms in total. The van der Waals surface area contributed by atoms with Crippen LogP contribution in [0.15, 0.2) is 10.7 Å². The van der Waals surface area contributed by atoms with E-state index >= 15 is 0 Å². The summed E-state index contributed by atoms with van der Waals surface area (Å²) in [6, 6.07) is 0.488. The minimum atomic E-state index is 0.286. The smallest absolute Gasteiger partial charge is 0.224 e. The van der Waals surface area contributed by atoms with Crippen molar-refractivity contribution in [1.82, 2.24) is 9.97 Å². The maximum atomic E-state index is 5.81. The van der Waals surface area contributed by atoms with Crippen LogP contribution >= 0.6 is 27.5 Å². The van der Waals surface area contributed by atoms with Crippen molar-refractivity contribution in [2.45, 2.75) is 39.2 Å². The largest absolute Gasteiger partial charge is 0.366 e. The normalized spacial score (nSPS) is 28.4. The molecular weight excluding hydrogens is 302 g/mol. The second kappa shape index (κ2) is 5.53. The Labute approximate surface area is 116 Å². The van der Waals surface area contributed by atoms with Crippen LogP contribution in [0.3, 0.4) is 0 Å². The molecule has 1 heterocycles. The Bertz CT molecular complexity index is 399. The van der Waals surface area contributed by atoms with E-state index in [2.05, 4.69) is 45.1 Å². The molecule has 1 aliphatic carbocycles. The quantitative estimate of drug-likeness (QED) is 0.852. The minimum Gasteiger partial charge on any atom is -0.366 e. The summed E-state index contributed by atoms with van der Waals surface area (Å²) in [5.74, 6) is 2.31. The molecule has 0 saturated heterocycles. The molecule has 1 aromatic heterocycles. The Hall–Kier alpha value is -0.350. The van der Waals surface area contributed by atoms with Gasteiger partial charge in [-0.1, -0.05) is 20.3 Å². The Balaban J connectivity index is 2.09. The highest BCUT2D eigenvalue weighted by Gasteiger charge is 2.31. The van der Waals surface area contributed by atoms with Crippen LogP contribution in [0.2, 0.25) is 5.28 Å². The van der Waals surface area contributed by atoms with E-state index in [4.69, 9.17) is 11.6 Å². The van der Waals surface area contributed by atoms with Gasteiger partial charge in [0.05, 0.1) is 4.47 Å². The lowest BCUT2D eigenvalue weighted by Gasteiger charge is -2.21. The van der Waals surface area contributed by atoms with Gasteiger partial charge in [0.2, 0.25) is 5.28 Å². The Morgan fingerprint density at radius 3 is 2.94 bits per heavy atom. The van der Waals surface area contributed by atoms with Gasteiger partial charge in [0, 0.05) is 12.2 Å². The topological polar surface area (TPSA) is 37.8 Å². The van der Waals surface area contributed by atoms with Gasteiger partial charge in [-0.25, -0.2) is 4.98 Å². The molecule has 17 heavy (non-hydrogen) atoms. The van der Waals surface area contributed by atoms with Crippen molar-refractivity contribution in [3.05, 3.63) is 16.0 Å². The Morgan fingerprint density at radius 2 is 2.29 bits per heavy atom. The summed E-state index contributed by atoms with van der Waals surface area (Å²) >= 11 is 9.26. The lowest BCUT2D eigenvalue weighted by atomic mass is 9.93. The minimum absolute atomic E-state index is 0.286. The van der Waals surface area contributed by atoms with Crippen molar-refractivity contribution < 1.29 is 0 Å². The summed E-state index contributed by atoms with van der Waals surface area (Å²) in [6.45, 7) is 4.58. The highest BCUT2D eigenvalue weighted by Crippen LogP contribution is 2.36. The molecule has 1 saturated carbocycles. The van der Waals surface area contributed by atoms with Gasteiger partial charge in [-0.2, -0.15) is 4.98 Å². The third-order valence-electron chi connectivity index (χ3n) is 3.79. The number of anilines is 1. The SMILES string of the molecule is CCC1CCC(Nc2nc(Cl)ncc2Br)C1C. The third-order valence-corrected chi connectivity index (χ3v) is 4.55. The van der Waals surface area contributed by atoms with E-state index in [0.29, 0.717) is 12.0 Å². The van der Waals surface area contributed by atoms with Crippen molar-refractivity contribution >= 4 is 33.3 Å². The summed E-state index contributed by atoms with van der Waals surface area (Å²) in [6.07, 6.45) is 5.44. The van der Waals surface area contributed by atoms with Gasteiger partial charge in [0.15, 0.2) is 0 Å². The maximum absolute atomic E-state index is 5.81. The molecule has 1 aromatic rings. The van der Waals surface area contributed by atoms with E-state index < -0.39 is 0 Å². The molecule has 3 atom stereocenters. The van der Waals surface area contributed by atoms with E-state index in [-0.39, 0.29) is 5.28 Å². The summed E-state index contributed by atoms with van der Waals surface area (Å²) < 4.78 is 0.869. The van der Waals surface area contributed by atoms with E-state index in [1.54, 1.807) is 6.20 Å². The molecule has 0 bridgehead atoms. The first-order valence-corrected chi connectivity index (χ1v) is 7.23. The molecule has 2 rings (SSSR count). The van der Waals surface area contributed by atoms with Crippen molar-refractivity contribution in [2.24, 2.45) is 11.8 Å². The Kier molecular flexibility index (Phi) is 4.26. The molecule has 1 N–H and O–H groups in total. The first kappa shape index (κ1) is 13.1. The first-order chi connectivity index (χ1) is 8.11. The summed E-state index contributed by atoms with van der Waals surface area (Å²) in [4.78, 5) is 8.15. The molecule has 1 aliphatic rings. The van der Waals surface area contributed by atoms with E-state index in [9.17, 15) is 0 Å². The molecule has 0 radical (unpaired) electrons. The van der Waals surface area contributed by atoms with Crippen LogP contribution < -0.4 is 5.32 Å². The maximum Gasteiger partial charge on any atom is 0.224 e. The molecule has 94 valence electrons. The number of nitrogens with one attached hydrogen (secondary N) is 1. The third kappa shape index (κ3) is 2.91. The zero-order chi connectivity index (χ0) is 12.4. The standard InChI is InChI=1S/C12H17BrClN3/c1-3-8-4-5-10(7(8)2)16-11-9(13)6-15-12(14)17-11/h6-8,10H,3-5H2,1-2H3,(H,15,16,17). The number of halogens is 2. The van der Waals surface area contributed by atoms with Crippen LogP contribution in [-0.4, -0.2) is 16.0 Å². The van der Waals surface area contributed by atoms with E-state index in [1.807, 2.05) is 0 Å². The van der Waals surface area contributed by atoms with Gasteiger partial charge in [0.25, 0.3) is 0 Å². The van der Waals surface area contributed by atoms with Crippen LogP contribution in [0.4, 0.5) is 5.82 Å². The zero-order valence-electron chi connectivity index (χ0n) is 10.1. The highest BCUT2D eigenvalue weighted by atomic mass is 79.9. The van der Waals surface area contributed by atoms with Gasteiger partial charge in [0.1, 0.15) is 5.82 Å². The van der Waals surface area contributed by atoms with Crippen molar-refractivity contribution in [2.75, 3.05) is 5.32 Å². The number of hydrogen-bond donors (Lipinski definition) is 1.